The maximum atomic E-state index is 12.4. The Morgan fingerprint density at radius 3 is 2.34 bits per heavy atom. The van der Waals surface area contributed by atoms with E-state index in [2.05, 4.69) is 20.4 Å². The summed E-state index contributed by atoms with van der Waals surface area (Å²) < 4.78 is 20.5. The molecule has 0 aliphatic rings. The number of amides is 1. The van der Waals surface area contributed by atoms with Crippen LogP contribution in [0, 0.1) is 5.92 Å². The molecule has 0 saturated heterocycles. The number of alkyl carbamates (subject to hydrolysis) is 1. The zero-order valence-electron chi connectivity index (χ0n) is 18.8. The van der Waals surface area contributed by atoms with Crippen LogP contribution in [0.2, 0.25) is 0 Å². The molecule has 10 nitrogen and oxygen atoms in total. The Balaban J connectivity index is 2.22. The number of nitrogens with one attached hydrogen (secondary N) is 2. The Morgan fingerprint density at radius 2 is 1.75 bits per heavy atom. The van der Waals surface area contributed by atoms with E-state index in [1.165, 1.54) is 14.2 Å². The second-order valence-electron chi connectivity index (χ2n) is 7.50. The van der Waals surface area contributed by atoms with Gasteiger partial charge in [0.05, 0.1) is 14.2 Å². The number of aromatic nitrogens is 1. The fraction of sp³-hybridized carbons (Fsp3) is 0.455. The third-order valence-electron chi connectivity index (χ3n) is 4.43. The summed E-state index contributed by atoms with van der Waals surface area (Å²) >= 11 is 0. The molecule has 0 aliphatic heterocycles. The van der Waals surface area contributed by atoms with E-state index in [1.807, 2.05) is 44.2 Å². The van der Waals surface area contributed by atoms with Crippen LogP contribution in [0.25, 0.3) is 0 Å². The lowest BCUT2D eigenvalue weighted by atomic mass is 10.0. The number of methoxy groups -OCH3 is 2. The molecule has 174 valence electrons. The van der Waals surface area contributed by atoms with Gasteiger partial charge < -0.3 is 29.3 Å². The number of anilines is 1. The third-order valence-corrected chi connectivity index (χ3v) is 4.43. The zero-order valence-corrected chi connectivity index (χ0v) is 18.8. The number of nitrogens with zero attached hydrogens (tertiary/aromatic N) is 1. The Hall–Kier alpha value is -3.56. The van der Waals surface area contributed by atoms with Crippen LogP contribution in [0.5, 0.6) is 0 Å². The van der Waals surface area contributed by atoms with Gasteiger partial charge in [-0.2, -0.15) is 0 Å². The molecular weight excluding hydrogens is 418 g/mol. The minimum absolute atomic E-state index is 0.0574. The predicted octanol–water partition coefficient (Wildman–Crippen LogP) is 3.45. The number of carbonyl (C=O) groups excluding carboxylic acids is 3. The summed E-state index contributed by atoms with van der Waals surface area (Å²) in [7, 11) is 2.45. The first-order valence-corrected chi connectivity index (χ1v) is 10.2. The number of carbonyl (C=O) groups is 3. The van der Waals surface area contributed by atoms with Crippen molar-refractivity contribution in [2.45, 2.75) is 45.9 Å². The first-order valence-electron chi connectivity index (χ1n) is 10.2. The number of rotatable bonds is 10. The van der Waals surface area contributed by atoms with Crippen LogP contribution in [0.1, 0.15) is 55.2 Å². The zero-order chi connectivity index (χ0) is 23.7. The molecule has 0 spiro atoms. The van der Waals surface area contributed by atoms with Crippen LogP contribution in [-0.2, 0) is 25.6 Å². The number of hydrogen-bond donors (Lipinski definition) is 2. The minimum atomic E-state index is -0.809. The van der Waals surface area contributed by atoms with E-state index in [4.69, 9.17) is 13.9 Å². The van der Waals surface area contributed by atoms with Crippen LogP contribution in [0.4, 0.5) is 10.7 Å². The first-order chi connectivity index (χ1) is 15.2. The molecule has 10 heteroatoms. The van der Waals surface area contributed by atoms with Crippen LogP contribution in [-0.4, -0.2) is 43.3 Å². The monoisotopic (exact) mass is 447 g/mol. The number of oxazole rings is 1. The lowest BCUT2D eigenvalue weighted by Crippen LogP contribution is -2.30. The molecule has 0 saturated carbocycles. The highest BCUT2D eigenvalue weighted by Crippen LogP contribution is 2.27. The summed E-state index contributed by atoms with van der Waals surface area (Å²) in [6.45, 7) is 5.57. The van der Waals surface area contributed by atoms with Gasteiger partial charge in [0.2, 0.25) is 17.5 Å². The highest BCUT2D eigenvalue weighted by molar-refractivity contribution is 5.93. The molecule has 0 bridgehead atoms. The van der Waals surface area contributed by atoms with E-state index in [-0.39, 0.29) is 30.0 Å². The molecule has 1 aromatic heterocycles. The fourth-order valence-electron chi connectivity index (χ4n) is 2.85. The summed E-state index contributed by atoms with van der Waals surface area (Å²) in [6.07, 6.45) is -0.192. The molecular formula is C22H29N3O7. The van der Waals surface area contributed by atoms with E-state index in [1.54, 1.807) is 6.92 Å². The van der Waals surface area contributed by atoms with Crippen molar-refractivity contribution in [2.24, 2.45) is 5.92 Å². The normalized spacial score (nSPS) is 12.6. The number of hydrogen-bond acceptors (Lipinski definition) is 9. The molecule has 32 heavy (non-hydrogen) atoms. The summed E-state index contributed by atoms with van der Waals surface area (Å²) in [5.74, 6) is -1.13. The van der Waals surface area contributed by atoms with Gasteiger partial charge >= 0.3 is 18.0 Å². The maximum absolute atomic E-state index is 12.4. The molecule has 0 unspecified atom stereocenters. The van der Waals surface area contributed by atoms with Gasteiger partial charge in [-0.05, 0) is 24.8 Å². The average Bonchev–Trinajstić information content (AvgIpc) is 3.20. The second-order valence-corrected chi connectivity index (χ2v) is 7.50. The van der Waals surface area contributed by atoms with Gasteiger partial charge in [-0.3, -0.25) is 0 Å². The van der Waals surface area contributed by atoms with Crippen molar-refractivity contribution in [3.63, 3.8) is 0 Å². The Kier molecular flexibility index (Phi) is 9.06. The molecule has 1 aromatic carbocycles. The Labute approximate surface area is 186 Å². The summed E-state index contributed by atoms with van der Waals surface area (Å²) in [6, 6.07) is 7.77. The van der Waals surface area contributed by atoms with Gasteiger partial charge in [0.1, 0.15) is 18.7 Å². The van der Waals surface area contributed by atoms with E-state index in [0.29, 0.717) is 6.42 Å². The van der Waals surface area contributed by atoms with Gasteiger partial charge in [0.25, 0.3) is 0 Å². The van der Waals surface area contributed by atoms with E-state index in [0.717, 1.165) is 5.56 Å². The minimum Gasteiger partial charge on any atom is -0.467 e. The number of ether oxygens (including phenoxy) is 3. The summed E-state index contributed by atoms with van der Waals surface area (Å²) in [5.41, 5.74) is 0.696. The van der Waals surface area contributed by atoms with Crippen LogP contribution >= 0.6 is 0 Å². The highest BCUT2D eigenvalue weighted by atomic mass is 16.5. The van der Waals surface area contributed by atoms with Crippen molar-refractivity contribution in [1.29, 1.82) is 0 Å². The third kappa shape index (κ3) is 7.00. The molecule has 1 amide bonds. The topological polar surface area (TPSA) is 129 Å². The van der Waals surface area contributed by atoms with Gasteiger partial charge in [0.15, 0.2) is 0 Å². The molecule has 2 atom stereocenters. The Bertz CT molecular complexity index is 912. The van der Waals surface area contributed by atoms with Gasteiger partial charge in [-0.25, -0.2) is 19.4 Å². The number of esters is 2. The molecule has 0 radical (unpaired) electrons. The fourth-order valence-corrected chi connectivity index (χ4v) is 2.85. The van der Waals surface area contributed by atoms with Crippen molar-refractivity contribution >= 4 is 23.9 Å². The van der Waals surface area contributed by atoms with Crippen molar-refractivity contribution in [2.75, 3.05) is 19.5 Å². The second kappa shape index (κ2) is 11.7. The van der Waals surface area contributed by atoms with Crippen molar-refractivity contribution in [1.82, 2.24) is 10.3 Å². The first kappa shape index (κ1) is 24.7. The van der Waals surface area contributed by atoms with Gasteiger partial charge in [-0.15, -0.1) is 0 Å². The Morgan fingerprint density at radius 1 is 1.06 bits per heavy atom. The lowest BCUT2D eigenvalue weighted by molar-refractivity contribution is -0.141. The standard InChI is InChI=1S/C22H29N3O7/c1-13(2)11-16(24-22(28)31-12-15-9-7-6-8-10-15)18-25-17(21(27)30-5)19(32-18)23-14(3)20(26)29-4/h6-10,13-14,16,23H,11-12H2,1-5H3,(H,24,28)/t14-,16-/m0/s1. The average molecular weight is 447 g/mol. The van der Waals surface area contributed by atoms with E-state index >= 15 is 0 Å². The highest BCUT2D eigenvalue weighted by Gasteiger charge is 2.29. The summed E-state index contributed by atoms with van der Waals surface area (Å²) in [5, 5.41) is 5.49. The number of benzene rings is 1. The lowest BCUT2D eigenvalue weighted by Gasteiger charge is -2.17. The largest absolute Gasteiger partial charge is 0.467 e. The van der Waals surface area contributed by atoms with E-state index in [9.17, 15) is 14.4 Å². The van der Waals surface area contributed by atoms with Crippen LogP contribution in [0.15, 0.2) is 34.7 Å². The quantitative estimate of drug-likeness (QED) is 0.415. The van der Waals surface area contributed by atoms with Crippen molar-refractivity contribution in [3.8, 4) is 0 Å². The SMILES string of the molecule is COC(=O)c1nc([C@H](CC(C)C)NC(=O)OCc2ccccc2)oc1N[C@@H](C)C(=O)OC. The molecule has 2 aromatic rings. The molecule has 1 heterocycles. The van der Waals surface area contributed by atoms with Gasteiger partial charge in [0, 0.05) is 0 Å². The molecule has 2 rings (SSSR count). The van der Waals surface area contributed by atoms with E-state index < -0.39 is 30.1 Å². The van der Waals surface area contributed by atoms with Crippen LogP contribution in [0.3, 0.4) is 0 Å². The van der Waals surface area contributed by atoms with Crippen molar-refractivity contribution < 1.29 is 33.0 Å². The van der Waals surface area contributed by atoms with Gasteiger partial charge in [-0.1, -0.05) is 44.2 Å². The maximum Gasteiger partial charge on any atom is 0.408 e. The van der Waals surface area contributed by atoms with Crippen LogP contribution < -0.4 is 10.6 Å². The van der Waals surface area contributed by atoms with Crippen molar-refractivity contribution in [3.05, 3.63) is 47.5 Å². The predicted molar refractivity (Wildman–Crippen MR) is 115 cm³/mol. The summed E-state index contributed by atoms with van der Waals surface area (Å²) in [4.78, 5) is 40.5. The molecule has 0 fully saturated rings. The smallest absolute Gasteiger partial charge is 0.408 e. The molecule has 0 aliphatic carbocycles. The molecule has 2 N–H and O–H groups in total.